The van der Waals surface area contributed by atoms with Crippen LogP contribution in [-0.2, 0) is 4.74 Å². The van der Waals surface area contributed by atoms with Crippen LogP contribution in [0, 0.1) is 0 Å². The van der Waals surface area contributed by atoms with Gasteiger partial charge in [0.2, 0.25) is 0 Å². The number of nitrogens with zero attached hydrogens (tertiary/aromatic N) is 2. The monoisotopic (exact) mass is 366 g/mol. The highest BCUT2D eigenvalue weighted by molar-refractivity contribution is 5.92. The molecule has 1 fully saturated rings. The Balaban J connectivity index is 1.70. The Labute approximate surface area is 162 Å². The van der Waals surface area contributed by atoms with Crippen molar-refractivity contribution in [1.82, 2.24) is 4.90 Å². The maximum Gasteiger partial charge on any atom is 0.193 e. The molecule has 0 aromatic heterocycles. The van der Waals surface area contributed by atoms with Gasteiger partial charge in [0.1, 0.15) is 0 Å². The molecule has 3 N–H and O–H groups in total. The molecule has 1 atom stereocenters. The molecule has 1 aliphatic rings. The van der Waals surface area contributed by atoms with Crippen LogP contribution in [-0.4, -0.2) is 43.7 Å². The molecule has 1 aliphatic heterocycles. The van der Waals surface area contributed by atoms with Gasteiger partial charge in [0.15, 0.2) is 5.96 Å². The molecule has 27 heavy (non-hydrogen) atoms. The first kappa shape index (κ1) is 19.4. The topological polar surface area (TPSA) is 62.9 Å². The number of anilines is 1. The van der Waals surface area contributed by atoms with Gasteiger partial charge in [-0.2, -0.15) is 0 Å². The Bertz CT molecular complexity index is 739. The molecule has 5 nitrogen and oxygen atoms in total. The molecule has 1 saturated heterocycles. The average Bonchev–Trinajstić information content (AvgIpc) is 2.70. The van der Waals surface area contributed by atoms with Crippen molar-refractivity contribution >= 4 is 11.6 Å². The van der Waals surface area contributed by atoms with Crippen LogP contribution in [0.5, 0.6) is 0 Å². The number of guanidine groups is 1. The molecular formula is C22H30N4O. The highest BCUT2D eigenvalue weighted by Crippen LogP contribution is 2.22. The van der Waals surface area contributed by atoms with E-state index in [1.807, 2.05) is 18.2 Å². The van der Waals surface area contributed by atoms with Crippen LogP contribution in [0.15, 0.2) is 59.6 Å². The highest BCUT2D eigenvalue weighted by Gasteiger charge is 2.22. The summed E-state index contributed by atoms with van der Waals surface area (Å²) in [4.78, 5) is 7.07. The van der Waals surface area contributed by atoms with Crippen molar-refractivity contribution in [2.45, 2.75) is 25.8 Å². The number of benzene rings is 2. The summed E-state index contributed by atoms with van der Waals surface area (Å²) < 4.78 is 5.51. The summed E-state index contributed by atoms with van der Waals surface area (Å²) in [7, 11) is 0. The maximum atomic E-state index is 6.18. The van der Waals surface area contributed by atoms with Gasteiger partial charge in [0.05, 0.1) is 25.8 Å². The molecule has 3 rings (SSSR count). The van der Waals surface area contributed by atoms with Crippen molar-refractivity contribution in [3.05, 3.63) is 65.7 Å². The van der Waals surface area contributed by atoms with E-state index >= 15 is 0 Å². The lowest BCUT2D eigenvalue weighted by atomic mass is 10.0. The largest absolute Gasteiger partial charge is 0.379 e. The van der Waals surface area contributed by atoms with Gasteiger partial charge in [0, 0.05) is 18.8 Å². The van der Waals surface area contributed by atoms with Crippen LogP contribution in [0.3, 0.4) is 0 Å². The zero-order valence-electron chi connectivity index (χ0n) is 16.3. The van der Waals surface area contributed by atoms with Crippen LogP contribution in [0.2, 0.25) is 0 Å². The van der Waals surface area contributed by atoms with Gasteiger partial charge < -0.3 is 15.8 Å². The molecule has 0 amide bonds. The first-order chi connectivity index (χ1) is 13.1. The Morgan fingerprint density at radius 2 is 1.78 bits per heavy atom. The molecule has 144 valence electrons. The van der Waals surface area contributed by atoms with Gasteiger partial charge >= 0.3 is 0 Å². The average molecular weight is 367 g/mol. The van der Waals surface area contributed by atoms with Crippen LogP contribution < -0.4 is 11.1 Å². The summed E-state index contributed by atoms with van der Waals surface area (Å²) in [5.41, 5.74) is 9.70. The number of hydrogen-bond acceptors (Lipinski definition) is 3. The Morgan fingerprint density at radius 1 is 1.07 bits per heavy atom. The van der Waals surface area contributed by atoms with Crippen molar-refractivity contribution in [1.29, 1.82) is 0 Å². The molecule has 0 spiro atoms. The minimum Gasteiger partial charge on any atom is -0.379 e. The van der Waals surface area contributed by atoms with Crippen LogP contribution in [0.1, 0.15) is 36.9 Å². The normalized spacial score (nSPS) is 17.1. The minimum atomic E-state index is 0.206. The van der Waals surface area contributed by atoms with E-state index in [0.717, 1.165) is 32.0 Å². The molecular weight excluding hydrogens is 336 g/mol. The van der Waals surface area contributed by atoms with Crippen molar-refractivity contribution in [2.75, 3.05) is 38.2 Å². The summed E-state index contributed by atoms with van der Waals surface area (Å²) >= 11 is 0. The van der Waals surface area contributed by atoms with Crippen LogP contribution in [0.25, 0.3) is 0 Å². The number of nitrogens with one attached hydrogen (secondary N) is 1. The van der Waals surface area contributed by atoms with E-state index in [0.29, 0.717) is 18.4 Å². The molecule has 0 saturated carbocycles. The molecule has 2 aromatic carbocycles. The molecule has 2 aromatic rings. The molecule has 5 heteroatoms. The fourth-order valence-electron chi connectivity index (χ4n) is 3.34. The SMILES string of the molecule is CC(C)c1cccc(NC(N)=NCC(c2ccccc2)N2CCOCC2)c1. The first-order valence-electron chi connectivity index (χ1n) is 9.67. The summed E-state index contributed by atoms with van der Waals surface area (Å²) in [6.45, 7) is 8.35. The number of hydrogen-bond donors (Lipinski definition) is 2. The third-order valence-electron chi connectivity index (χ3n) is 4.93. The summed E-state index contributed by atoms with van der Waals surface area (Å²) in [6, 6.07) is 19.0. The molecule has 1 unspecified atom stereocenters. The minimum absolute atomic E-state index is 0.206. The van der Waals surface area contributed by atoms with E-state index < -0.39 is 0 Å². The molecule has 0 bridgehead atoms. The lowest BCUT2D eigenvalue weighted by molar-refractivity contribution is 0.0180. The summed E-state index contributed by atoms with van der Waals surface area (Å²) in [6.07, 6.45) is 0. The third kappa shape index (κ3) is 5.55. The van der Waals surface area contributed by atoms with Gasteiger partial charge in [0.25, 0.3) is 0 Å². The quantitative estimate of drug-likeness (QED) is 0.606. The van der Waals surface area contributed by atoms with Crippen molar-refractivity contribution < 1.29 is 4.74 Å². The van der Waals surface area contributed by atoms with Gasteiger partial charge in [-0.05, 0) is 29.2 Å². The standard InChI is InChI=1S/C22H30N4O/c1-17(2)19-9-6-10-20(15-19)25-22(23)24-16-21(18-7-4-3-5-8-18)26-11-13-27-14-12-26/h3-10,15,17,21H,11-14,16H2,1-2H3,(H3,23,24,25). The van der Waals surface area contributed by atoms with Gasteiger partial charge in [-0.1, -0.05) is 56.3 Å². The molecule has 0 radical (unpaired) electrons. The second-order valence-corrected chi connectivity index (χ2v) is 7.21. The van der Waals surface area contributed by atoms with E-state index in [4.69, 9.17) is 10.5 Å². The second-order valence-electron chi connectivity index (χ2n) is 7.21. The van der Waals surface area contributed by atoms with E-state index in [-0.39, 0.29) is 6.04 Å². The smallest absolute Gasteiger partial charge is 0.193 e. The molecule has 1 heterocycles. The lowest BCUT2D eigenvalue weighted by Gasteiger charge is -2.34. The first-order valence-corrected chi connectivity index (χ1v) is 9.67. The van der Waals surface area contributed by atoms with E-state index in [9.17, 15) is 0 Å². The van der Waals surface area contributed by atoms with Crippen molar-refractivity contribution in [3.8, 4) is 0 Å². The maximum absolute atomic E-state index is 6.18. The van der Waals surface area contributed by atoms with Gasteiger partial charge in [-0.25, -0.2) is 0 Å². The summed E-state index contributed by atoms with van der Waals surface area (Å²) in [5.74, 6) is 0.929. The number of ether oxygens (including phenoxy) is 1. The third-order valence-corrected chi connectivity index (χ3v) is 4.93. The van der Waals surface area contributed by atoms with Crippen molar-refractivity contribution in [2.24, 2.45) is 10.7 Å². The zero-order valence-corrected chi connectivity index (χ0v) is 16.3. The van der Waals surface area contributed by atoms with Crippen LogP contribution >= 0.6 is 0 Å². The second kappa shape index (κ2) is 9.53. The van der Waals surface area contributed by atoms with Crippen molar-refractivity contribution in [3.63, 3.8) is 0 Å². The van der Waals surface area contributed by atoms with Crippen LogP contribution in [0.4, 0.5) is 5.69 Å². The van der Waals surface area contributed by atoms with E-state index in [1.54, 1.807) is 0 Å². The number of nitrogens with two attached hydrogens (primary N) is 1. The van der Waals surface area contributed by atoms with E-state index in [2.05, 4.69) is 65.5 Å². The van der Waals surface area contributed by atoms with Gasteiger partial charge in [-0.15, -0.1) is 0 Å². The lowest BCUT2D eigenvalue weighted by Crippen LogP contribution is -2.40. The number of rotatable bonds is 6. The fourth-order valence-corrected chi connectivity index (χ4v) is 3.34. The predicted octanol–water partition coefficient (Wildman–Crippen LogP) is 3.61. The summed E-state index contributed by atoms with van der Waals surface area (Å²) in [5, 5.41) is 3.23. The zero-order chi connectivity index (χ0) is 19.1. The van der Waals surface area contributed by atoms with Gasteiger partial charge in [-0.3, -0.25) is 9.89 Å². The Hall–Kier alpha value is -2.37. The number of morpholine rings is 1. The predicted molar refractivity (Wildman–Crippen MR) is 112 cm³/mol. The number of aliphatic imine (C=N–C) groups is 1. The molecule has 0 aliphatic carbocycles. The fraction of sp³-hybridized carbons (Fsp3) is 0.409. The Morgan fingerprint density at radius 3 is 2.48 bits per heavy atom. The highest BCUT2D eigenvalue weighted by atomic mass is 16.5. The van der Waals surface area contributed by atoms with E-state index in [1.165, 1.54) is 11.1 Å². The Kier molecular flexibility index (Phi) is 6.85.